The lowest BCUT2D eigenvalue weighted by atomic mass is 10.1. The van der Waals surface area contributed by atoms with E-state index in [9.17, 15) is 4.79 Å². The predicted molar refractivity (Wildman–Crippen MR) is 99.2 cm³/mol. The third-order valence-corrected chi connectivity index (χ3v) is 5.79. The molecule has 0 saturated heterocycles. The number of likely N-dealkylation sites (N-methyl/N-ethyl adjacent to an activating group) is 1. The van der Waals surface area contributed by atoms with E-state index >= 15 is 0 Å². The van der Waals surface area contributed by atoms with Gasteiger partial charge in [-0.25, -0.2) is 0 Å². The van der Waals surface area contributed by atoms with Crippen molar-refractivity contribution in [1.82, 2.24) is 4.90 Å². The van der Waals surface area contributed by atoms with Crippen LogP contribution in [0.25, 0.3) is 0 Å². The second-order valence-electron chi connectivity index (χ2n) is 5.95. The molecule has 128 valence electrons. The molecule has 1 fully saturated rings. The molecule has 0 radical (unpaired) electrons. The highest BCUT2D eigenvalue weighted by Gasteiger charge is 2.21. The normalized spacial score (nSPS) is 16.4. The van der Waals surface area contributed by atoms with Crippen molar-refractivity contribution < 1.29 is 4.79 Å². The third kappa shape index (κ3) is 5.14. The summed E-state index contributed by atoms with van der Waals surface area (Å²) in [5.74, 6) is -0.182. The van der Waals surface area contributed by atoms with E-state index in [-0.39, 0.29) is 38.2 Å². The van der Waals surface area contributed by atoms with Crippen LogP contribution in [-0.4, -0.2) is 30.4 Å². The summed E-state index contributed by atoms with van der Waals surface area (Å²) in [6.45, 7) is 0.279. The molecular weight excluding hydrogens is 378 g/mol. The number of anilines is 1. The van der Waals surface area contributed by atoms with Crippen LogP contribution in [-0.2, 0) is 4.79 Å². The number of carbonyl (C=O) groups excluding carboxylic acids is 1. The quantitative estimate of drug-likeness (QED) is 0.507. The largest absolute Gasteiger partial charge is 0.322 e. The smallest absolute Gasteiger partial charge is 0.238 e. The maximum Gasteiger partial charge on any atom is 0.238 e. The molecule has 1 N–H and O–H groups in total. The number of carbonyl (C=O) groups is 1. The molecular formula is C16H20Cl4N2O. The first-order valence-electron chi connectivity index (χ1n) is 7.73. The number of hydrogen-bond acceptors (Lipinski definition) is 2. The summed E-state index contributed by atoms with van der Waals surface area (Å²) >= 11 is 24.2. The second-order valence-corrected chi connectivity index (χ2v) is 7.52. The lowest BCUT2D eigenvalue weighted by Gasteiger charge is -2.26. The molecule has 7 heteroatoms. The number of nitrogens with zero attached hydrogens (tertiary/aromatic N) is 1. The first-order valence-corrected chi connectivity index (χ1v) is 9.24. The van der Waals surface area contributed by atoms with Gasteiger partial charge in [-0.1, -0.05) is 72.1 Å². The van der Waals surface area contributed by atoms with Gasteiger partial charge in [-0.15, -0.1) is 0 Å². The van der Waals surface area contributed by atoms with Crippen LogP contribution in [0.15, 0.2) is 6.07 Å². The van der Waals surface area contributed by atoms with Gasteiger partial charge in [0.25, 0.3) is 0 Å². The lowest BCUT2D eigenvalue weighted by molar-refractivity contribution is -0.117. The van der Waals surface area contributed by atoms with E-state index in [2.05, 4.69) is 10.2 Å². The van der Waals surface area contributed by atoms with Gasteiger partial charge < -0.3 is 5.32 Å². The minimum Gasteiger partial charge on any atom is -0.322 e. The number of nitrogens with one attached hydrogen (secondary N) is 1. The summed E-state index contributed by atoms with van der Waals surface area (Å²) in [6.07, 6.45) is 7.27. The molecule has 0 aliphatic heterocycles. The highest BCUT2D eigenvalue weighted by Crippen LogP contribution is 2.41. The van der Waals surface area contributed by atoms with Crippen molar-refractivity contribution in [3.8, 4) is 0 Å². The Morgan fingerprint density at radius 1 is 1.09 bits per heavy atom. The molecule has 1 saturated carbocycles. The Bertz CT molecular complexity index is 545. The van der Waals surface area contributed by atoms with Gasteiger partial charge in [0.05, 0.1) is 32.3 Å². The fourth-order valence-corrected chi connectivity index (χ4v) is 3.82. The molecule has 1 aliphatic rings. The minimum atomic E-state index is -0.182. The van der Waals surface area contributed by atoms with E-state index in [1.165, 1.54) is 31.7 Å². The molecule has 23 heavy (non-hydrogen) atoms. The zero-order chi connectivity index (χ0) is 17.0. The molecule has 0 unspecified atom stereocenters. The number of benzene rings is 1. The van der Waals surface area contributed by atoms with Gasteiger partial charge in [0, 0.05) is 6.04 Å². The summed E-state index contributed by atoms with van der Waals surface area (Å²) in [5, 5.41) is 3.65. The van der Waals surface area contributed by atoms with E-state index in [0.717, 1.165) is 12.8 Å². The Morgan fingerprint density at radius 3 is 2.13 bits per heavy atom. The van der Waals surface area contributed by atoms with Gasteiger partial charge in [0.15, 0.2) is 0 Å². The summed E-state index contributed by atoms with van der Waals surface area (Å²) in [7, 11) is 1.98. The maximum atomic E-state index is 12.3. The number of rotatable bonds is 4. The summed E-state index contributed by atoms with van der Waals surface area (Å²) in [4.78, 5) is 14.4. The van der Waals surface area contributed by atoms with Crippen LogP contribution in [0.1, 0.15) is 38.5 Å². The van der Waals surface area contributed by atoms with Crippen molar-refractivity contribution in [2.24, 2.45) is 0 Å². The van der Waals surface area contributed by atoms with Crippen LogP contribution in [0.3, 0.4) is 0 Å². The van der Waals surface area contributed by atoms with Gasteiger partial charge in [-0.05, 0) is 26.0 Å². The third-order valence-electron chi connectivity index (χ3n) is 4.22. The SMILES string of the molecule is CN(CC(=O)Nc1c(Cl)c(Cl)cc(Cl)c1Cl)C1CCCCCC1. The van der Waals surface area contributed by atoms with Crippen LogP contribution in [0.5, 0.6) is 0 Å². The molecule has 1 aromatic carbocycles. The van der Waals surface area contributed by atoms with Gasteiger partial charge >= 0.3 is 0 Å². The molecule has 3 nitrogen and oxygen atoms in total. The maximum absolute atomic E-state index is 12.3. The minimum absolute atomic E-state index is 0.182. The van der Waals surface area contributed by atoms with E-state index < -0.39 is 0 Å². The van der Waals surface area contributed by atoms with Crippen LogP contribution in [0, 0.1) is 0 Å². The van der Waals surface area contributed by atoms with Crippen molar-refractivity contribution >= 4 is 58.0 Å². The van der Waals surface area contributed by atoms with E-state index in [4.69, 9.17) is 46.4 Å². The number of halogens is 4. The first kappa shape index (κ1) is 19.1. The van der Waals surface area contributed by atoms with Gasteiger partial charge in [0.1, 0.15) is 0 Å². The Hall–Kier alpha value is -0.190. The molecule has 2 rings (SSSR count). The van der Waals surface area contributed by atoms with Crippen LogP contribution in [0.4, 0.5) is 5.69 Å². The Morgan fingerprint density at radius 2 is 1.61 bits per heavy atom. The Labute approximate surface area is 157 Å². The van der Waals surface area contributed by atoms with Gasteiger partial charge in [-0.3, -0.25) is 9.69 Å². The van der Waals surface area contributed by atoms with Crippen LogP contribution >= 0.6 is 46.4 Å². The highest BCUT2D eigenvalue weighted by molar-refractivity contribution is 6.50. The second kappa shape index (κ2) is 8.77. The van der Waals surface area contributed by atoms with Gasteiger partial charge in [-0.2, -0.15) is 0 Å². The molecule has 1 aromatic rings. The standard InChI is InChI=1S/C16H20Cl4N2O/c1-22(10-6-4-2-3-5-7-10)9-13(23)21-16-14(19)11(17)8-12(18)15(16)20/h8,10H,2-7,9H2,1H3,(H,21,23). The molecule has 0 spiro atoms. The molecule has 0 bridgehead atoms. The average Bonchev–Trinajstić information content (AvgIpc) is 2.79. The van der Waals surface area contributed by atoms with Crippen molar-refractivity contribution in [3.63, 3.8) is 0 Å². The van der Waals surface area contributed by atoms with Crippen LogP contribution in [0.2, 0.25) is 20.1 Å². The van der Waals surface area contributed by atoms with E-state index in [0.29, 0.717) is 6.04 Å². The fourth-order valence-electron chi connectivity index (χ4n) is 2.92. The molecule has 0 aromatic heterocycles. The fraction of sp³-hybridized carbons (Fsp3) is 0.562. The molecule has 0 atom stereocenters. The van der Waals surface area contributed by atoms with Crippen molar-refractivity contribution in [2.45, 2.75) is 44.6 Å². The van der Waals surface area contributed by atoms with E-state index in [1.807, 2.05) is 7.05 Å². The number of hydrogen-bond donors (Lipinski definition) is 1. The number of amides is 1. The molecule has 1 aliphatic carbocycles. The van der Waals surface area contributed by atoms with Crippen molar-refractivity contribution in [3.05, 3.63) is 26.2 Å². The topological polar surface area (TPSA) is 32.3 Å². The Kier molecular flexibility index (Phi) is 7.30. The van der Waals surface area contributed by atoms with Crippen molar-refractivity contribution in [1.29, 1.82) is 0 Å². The van der Waals surface area contributed by atoms with Crippen LogP contribution < -0.4 is 5.32 Å². The van der Waals surface area contributed by atoms with Crippen molar-refractivity contribution in [2.75, 3.05) is 18.9 Å². The predicted octanol–water partition coefficient (Wildman–Crippen LogP) is 5.89. The average molecular weight is 398 g/mol. The van der Waals surface area contributed by atoms with E-state index in [1.54, 1.807) is 0 Å². The summed E-state index contributed by atoms with van der Waals surface area (Å²) in [6, 6.07) is 1.90. The molecule has 0 heterocycles. The lowest BCUT2D eigenvalue weighted by Crippen LogP contribution is -2.37. The summed E-state index contributed by atoms with van der Waals surface area (Å²) in [5.41, 5.74) is 0.269. The zero-order valence-electron chi connectivity index (χ0n) is 13.0. The summed E-state index contributed by atoms with van der Waals surface area (Å²) < 4.78 is 0. The first-order chi connectivity index (χ1) is 10.9. The zero-order valence-corrected chi connectivity index (χ0v) is 16.0. The highest BCUT2D eigenvalue weighted by atomic mass is 35.5. The molecule has 1 amide bonds. The monoisotopic (exact) mass is 396 g/mol. The Balaban J connectivity index is 2.02. The van der Waals surface area contributed by atoms with Gasteiger partial charge in [0.2, 0.25) is 5.91 Å².